The Hall–Kier alpha value is -0.0800. The number of rotatable bonds is 5. The van der Waals surface area contributed by atoms with Gasteiger partial charge in [-0.25, -0.2) is 0 Å². The van der Waals surface area contributed by atoms with Crippen molar-refractivity contribution in [1.82, 2.24) is 5.32 Å². The van der Waals surface area contributed by atoms with Gasteiger partial charge in [0.1, 0.15) is 0 Å². The summed E-state index contributed by atoms with van der Waals surface area (Å²) in [6.45, 7) is 6.73. The summed E-state index contributed by atoms with van der Waals surface area (Å²) in [6, 6.07) is 0. The lowest BCUT2D eigenvalue weighted by molar-refractivity contribution is 0.0318. The predicted octanol–water partition coefficient (Wildman–Crippen LogP) is 3.61. The molecule has 0 bridgehead atoms. The minimum absolute atomic E-state index is 0.933. The molecule has 2 rings (SSSR count). The molecule has 18 heavy (non-hydrogen) atoms. The SMILES string of the molecule is CCCNCC1CCCCCC1C1CCOCC1. The van der Waals surface area contributed by atoms with Gasteiger partial charge in [0.05, 0.1) is 0 Å². The first-order chi connectivity index (χ1) is 8.92. The van der Waals surface area contributed by atoms with Crippen LogP contribution < -0.4 is 5.32 Å². The third-order valence-corrected chi connectivity index (χ3v) is 4.92. The van der Waals surface area contributed by atoms with Crippen molar-refractivity contribution in [2.45, 2.75) is 58.3 Å². The summed E-state index contributed by atoms with van der Waals surface area (Å²) in [5, 5.41) is 3.67. The minimum Gasteiger partial charge on any atom is -0.381 e. The van der Waals surface area contributed by atoms with Crippen LogP contribution in [0.1, 0.15) is 58.3 Å². The predicted molar refractivity (Wildman–Crippen MR) is 76.8 cm³/mol. The van der Waals surface area contributed by atoms with E-state index in [2.05, 4.69) is 12.2 Å². The third-order valence-electron chi connectivity index (χ3n) is 4.92. The fourth-order valence-electron chi connectivity index (χ4n) is 3.90. The summed E-state index contributed by atoms with van der Waals surface area (Å²) in [7, 11) is 0. The van der Waals surface area contributed by atoms with E-state index in [0.717, 1.165) is 31.0 Å². The van der Waals surface area contributed by atoms with Crippen LogP contribution in [0, 0.1) is 17.8 Å². The Bertz CT molecular complexity index is 213. The smallest absolute Gasteiger partial charge is 0.0468 e. The standard InChI is InChI=1S/C16H31NO/c1-2-10-17-13-15-6-4-3-5-7-16(15)14-8-11-18-12-9-14/h14-17H,2-13H2,1H3. The molecule has 0 radical (unpaired) electrons. The molecule has 106 valence electrons. The van der Waals surface area contributed by atoms with Crippen molar-refractivity contribution in [1.29, 1.82) is 0 Å². The number of hydrogen-bond donors (Lipinski definition) is 1. The Morgan fingerprint density at radius 3 is 2.56 bits per heavy atom. The van der Waals surface area contributed by atoms with Gasteiger partial charge in [-0.2, -0.15) is 0 Å². The summed E-state index contributed by atoms with van der Waals surface area (Å²) in [6.07, 6.45) is 11.2. The Labute approximate surface area is 113 Å². The molecule has 1 saturated carbocycles. The second-order valence-corrected chi connectivity index (χ2v) is 6.22. The molecular weight excluding hydrogens is 222 g/mol. The van der Waals surface area contributed by atoms with E-state index in [-0.39, 0.29) is 0 Å². The molecule has 2 nitrogen and oxygen atoms in total. The molecule has 0 amide bonds. The first-order valence-corrected chi connectivity index (χ1v) is 8.20. The van der Waals surface area contributed by atoms with E-state index in [9.17, 15) is 0 Å². The van der Waals surface area contributed by atoms with E-state index >= 15 is 0 Å². The van der Waals surface area contributed by atoms with Gasteiger partial charge in [0, 0.05) is 13.2 Å². The molecule has 0 aromatic rings. The highest BCUT2D eigenvalue weighted by Crippen LogP contribution is 2.38. The van der Waals surface area contributed by atoms with Gasteiger partial charge in [-0.3, -0.25) is 0 Å². The molecule has 2 unspecified atom stereocenters. The molecule has 2 atom stereocenters. The van der Waals surface area contributed by atoms with Gasteiger partial charge in [0.2, 0.25) is 0 Å². The normalized spacial score (nSPS) is 31.2. The zero-order valence-corrected chi connectivity index (χ0v) is 12.1. The lowest BCUT2D eigenvalue weighted by atomic mass is 9.75. The van der Waals surface area contributed by atoms with Gasteiger partial charge < -0.3 is 10.1 Å². The minimum atomic E-state index is 0.933. The van der Waals surface area contributed by atoms with E-state index in [0.29, 0.717) is 0 Å². The molecule has 1 aliphatic heterocycles. The summed E-state index contributed by atoms with van der Waals surface area (Å²) in [5.41, 5.74) is 0. The summed E-state index contributed by atoms with van der Waals surface area (Å²) in [5.74, 6) is 2.85. The van der Waals surface area contributed by atoms with Crippen LogP contribution in [-0.4, -0.2) is 26.3 Å². The molecule has 0 spiro atoms. The van der Waals surface area contributed by atoms with Crippen LogP contribution in [0.4, 0.5) is 0 Å². The van der Waals surface area contributed by atoms with Crippen LogP contribution in [0.3, 0.4) is 0 Å². The highest BCUT2D eigenvalue weighted by molar-refractivity contribution is 4.82. The first kappa shape index (κ1) is 14.3. The van der Waals surface area contributed by atoms with Crippen molar-refractivity contribution in [3.63, 3.8) is 0 Å². The average Bonchev–Trinajstić information content (AvgIpc) is 2.66. The molecule has 1 N–H and O–H groups in total. The molecule has 1 aliphatic carbocycles. The largest absolute Gasteiger partial charge is 0.381 e. The first-order valence-electron chi connectivity index (χ1n) is 8.20. The van der Waals surface area contributed by atoms with E-state index in [1.807, 2.05) is 0 Å². The van der Waals surface area contributed by atoms with Crippen LogP contribution in [0.5, 0.6) is 0 Å². The Morgan fingerprint density at radius 1 is 1.00 bits per heavy atom. The Balaban J connectivity index is 1.88. The molecule has 1 saturated heterocycles. The molecule has 1 heterocycles. The van der Waals surface area contributed by atoms with Gasteiger partial charge in [0.25, 0.3) is 0 Å². The van der Waals surface area contributed by atoms with Crippen molar-refractivity contribution in [2.24, 2.45) is 17.8 Å². The average molecular weight is 253 g/mol. The molecular formula is C16H31NO. The quantitative estimate of drug-likeness (QED) is 0.597. The van der Waals surface area contributed by atoms with Crippen molar-refractivity contribution in [3.05, 3.63) is 0 Å². The fourth-order valence-corrected chi connectivity index (χ4v) is 3.90. The monoisotopic (exact) mass is 253 g/mol. The maximum absolute atomic E-state index is 5.54. The van der Waals surface area contributed by atoms with Gasteiger partial charge >= 0.3 is 0 Å². The van der Waals surface area contributed by atoms with E-state index in [1.165, 1.54) is 64.5 Å². The second kappa shape index (κ2) is 8.16. The topological polar surface area (TPSA) is 21.3 Å². The summed E-state index contributed by atoms with van der Waals surface area (Å²) < 4.78 is 5.54. The van der Waals surface area contributed by atoms with E-state index in [4.69, 9.17) is 4.74 Å². The van der Waals surface area contributed by atoms with E-state index in [1.54, 1.807) is 0 Å². The molecule has 0 aromatic heterocycles. The third kappa shape index (κ3) is 4.24. The van der Waals surface area contributed by atoms with Gasteiger partial charge in [0.15, 0.2) is 0 Å². The van der Waals surface area contributed by atoms with Gasteiger partial charge in [-0.15, -0.1) is 0 Å². The zero-order chi connectivity index (χ0) is 12.6. The Morgan fingerprint density at radius 2 is 1.78 bits per heavy atom. The van der Waals surface area contributed by atoms with Gasteiger partial charge in [-0.05, 0) is 62.9 Å². The van der Waals surface area contributed by atoms with Crippen LogP contribution in [0.2, 0.25) is 0 Å². The van der Waals surface area contributed by atoms with Crippen LogP contribution in [0.25, 0.3) is 0 Å². The lowest BCUT2D eigenvalue weighted by Gasteiger charge is -2.35. The highest BCUT2D eigenvalue weighted by Gasteiger charge is 2.31. The summed E-state index contributed by atoms with van der Waals surface area (Å²) >= 11 is 0. The molecule has 0 aromatic carbocycles. The van der Waals surface area contributed by atoms with E-state index < -0.39 is 0 Å². The second-order valence-electron chi connectivity index (χ2n) is 6.22. The van der Waals surface area contributed by atoms with Crippen LogP contribution in [-0.2, 0) is 4.74 Å². The maximum atomic E-state index is 5.54. The molecule has 2 heteroatoms. The van der Waals surface area contributed by atoms with Crippen molar-refractivity contribution in [3.8, 4) is 0 Å². The Kier molecular flexibility index (Phi) is 6.50. The van der Waals surface area contributed by atoms with Crippen molar-refractivity contribution < 1.29 is 4.74 Å². The van der Waals surface area contributed by atoms with Gasteiger partial charge in [-0.1, -0.05) is 26.2 Å². The number of hydrogen-bond acceptors (Lipinski definition) is 2. The fraction of sp³-hybridized carbons (Fsp3) is 1.00. The highest BCUT2D eigenvalue weighted by atomic mass is 16.5. The maximum Gasteiger partial charge on any atom is 0.0468 e. The van der Waals surface area contributed by atoms with Crippen LogP contribution >= 0.6 is 0 Å². The van der Waals surface area contributed by atoms with Crippen LogP contribution in [0.15, 0.2) is 0 Å². The molecule has 2 fully saturated rings. The van der Waals surface area contributed by atoms with Crippen molar-refractivity contribution >= 4 is 0 Å². The lowest BCUT2D eigenvalue weighted by Crippen LogP contribution is -2.34. The number of ether oxygens (including phenoxy) is 1. The molecule has 2 aliphatic rings. The zero-order valence-electron chi connectivity index (χ0n) is 12.1. The number of nitrogens with one attached hydrogen (secondary N) is 1. The van der Waals surface area contributed by atoms with Crippen molar-refractivity contribution in [2.75, 3.05) is 26.3 Å². The summed E-state index contributed by atoms with van der Waals surface area (Å²) in [4.78, 5) is 0.